The van der Waals surface area contributed by atoms with Gasteiger partial charge in [0.15, 0.2) is 0 Å². The fraction of sp³-hybridized carbons (Fsp3) is 0.444. The molecule has 6 N–H and O–H groups in total. The number of carboxylic acid groups (broad SMARTS) is 2. The van der Waals surface area contributed by atoms with E-state index >= 15 is 0 Å². The molecular weight excluding hydrogens is 370 g/mol. The molecule has 1 aliphatic rings. The summed E-state index contributed by atoms with van der Waals surface area (Å²) in [6, 6.07) is 2.56. The minimum absolute atomic E-state index is 0.0625. The zero-order chi connectivity index (χ0) is 20.8. The molecule has 2 amide bonds. The fourth-order valence-corrected chi connectivity index (χ4v) is 3.12. The molecular formula is C18H23N3O7. The molecule has 1 fully saturated rings. The molecule has 1 saturated heterocycles. The Balaban J connectivity index is 2.06. The number of aromatic hydroxyl groups is 1. The van der Waals surface area contributed by atoms with Crippen molar-refractivity contribution in [1.82, 2.24) is 10.2 Å². The second-order valence-corrected chi connectivity index (χ2v) is 6.66. The number of nitrogens with two attached hydrogens (primary N) is 1. The molecule has 0 saturated carbocycles. The first kappa shape index (κ1) is 21.2. The van der Waals surface area contributed by atoms with Crippen molar-refractivity contribution in [3.63, 3.8) is 0 Å². The van der Waals surface area contributed by atoms with Gasteiger partial charge in [0.25, 0.3) is 0 Å². The molecule has 10 nitrogen and oxygen atoms in total. The van der Waals surface area contributed by atoms with Crippen LogP contribution in [0.25, 0.3) is 0 Å². The first-order valence-electron chi connectivity index (χ1n) is 8.78. The number of benzene rings is 1. The van der Waals surface area contributed by atoms with Gasteiger partial charge in [-0.2, -0.15) is 0 Å². The molecule has 0 aliphatic carbocycles. The Bertz CT molecular complexity index is 750. The van der Waals surface area contributed by atoms with Gasteiger partial charge in [0.1, 0.15) is 17.8 Å². The van der Waals surface area contributed by atoms with E-state index in [2.05, 4.69) is 5.32 Å². The summed E-state index contributed by atoms with van der Waals surface area (Å²) < 4.78 is 0. The summed E-state index contributed by atoms with van der Waals surface area (Å²) in [7, 11) is 0. The third-order valence-electron chi connectivity index (χ3n) is 4.54. The quantitative estimate of drug-likeness (QED) is 0.386. The lowest BCUT2D eigenvalue weighted by atomic mass is 10.0. The van der Waals surface area contributed by atoms with E-state index in [1.54, 1.807) is 12.1 Å². The molecule has 1 aromatic rings. The largest absolute Gasteiger partial charge is 0.508 e. The Morgan fingerprint density at radius 1 is 1.18 bits per heavy atom. The van der Waals surface area contributed by atoms with E-state index in [-0.39, 0.29) is 25.1 Å². The van der Waals surface area contributed by atoms with E-state index in [1.807, 2.05) is 0 Å². The second kappa shape index (κ2) is 9.18. The Kier molecular flexibility index (Phi) is 6.94. The van der Waals surface area contributed by atoms with Crippen LogP contribution >= 0.6 is 0 Å². The van der Waals surface area contributed by atoms with E-state index in [4.69, 9.17) is 10.8 Å². The molecule has 1 aliphatic heterocycles. The highest BCUT2D eigenvalue weighted by Crippen LogP contribution is 2.19. The second-order valence-electron chi connectivity index (χ2n) is 6.66. The van der Waals surface area contributed by atoms with Gasteiger partial charge in [0, 0.05) is 6.54 Å². The smallest absolute Gasteiger partial charge is 0.326 e. The number of nitrogens with one attached hydrogen (secondary N) is 1. The van der Waals surface area contributed by atoms with Crippen molar-refractivity contribution in [1.29, 1.82) is 0 Å². The maximum atomic E-state index is 12.7. The van der Waals surface area contributed by atoms with Crippen molar-refractivity contribution in [3.8, 4) is 5.75 Å². The maximum absolute atomic E-state index is 12.7. The molecule has 0 spiro atoms. The van der Waals surface area contributed by atoms with Crippen LogP contribution in [-0.4, -0.2) is 68.6 Å². The predicted molar refractivity (Wildman–Crippen MR) is 96.3 cm³/mol. The third-order valence-corrected chi connectivity index (χ3v) is 4.54. The number of phenols is 1. The number of likely N-dealkylation sites (tertiary alicyclic amines) is 1. The third kappa shape index (κ3) is 5.43. The number of carbonyl (C=O) groups excluding carboxylic acids is 2. The summed E-state index contributed by atoms with van der Waals surface area (Å²) in [5.41, 5.74) is 6.53. The van der Waals surface area contributed by atoms with E-state index in [0.717, 1.165) is 4.90 Å². The fourth-order valence-electron chi connectivity index (χ4n) is 3.12. The van der Waals surface area contributed by atoms with Gasteiger partial charge in [-0.05, 0) is 37.0 Å². The molecule has 0 aromatic heterocycles. The van der Waals surface area contributed by atoms with Crippen LogP contribution in [0.3, 0.4) is 0 Å². The SMILES string of the molecule is N[C@@H](Cc1ccc(O)cc1)C(=O)N[C@H](CC(=O)O)C(=O)N1CCC[C@H]1C(=O)O. The maximum Gasteiger partial charge on any atom is 0.326 e. The zero-order valence-corrected chi connectivity index (χ0v) is 15.1. The zero-order valence-electron chi connectivity index (χ0n) is 15.1. The van der Waals surface area contributed by atoms with Gasteiger partial charge in [0.05, 0.1) is 12.5 Å². The van der Waals surface area contributed by atoms with Gasteiger partial charge in [-0.3, -0.25) is 14.4 Å². The molecule has 152 valence electrons. The van der Waals surface area contributed by atoms with Gasteiger partial charge < -0.3 is 31.3 Å². The minimum Gasteiger partial charge on any atom is -0.508 e. The molecule has 1 heterocycles. The van der Waals surface area contributed by atoms with Crippen molar-refractivity contribution in [2.45, 2.75) is 43.8 Å². The van der Waals surface area contributed by atoms with Crippen molar-refractivity contribution in [2.75, 3.05) is 6.54 Å². The van der Waals surface area contributed by atoms with Gasteiger partial charge in [0.2, 0.25) is 11.8 Å². The summed E-state index contributed by atoms with van der Waals surface area (Å²) in [5, 5.41) is 29.9. The number of carbonyl (C=O) groups is 4. The molecule has 0 radical (unpaired) electrons. The monoisotopic (exact) mass is 393 g/mol. The Morgan fingerprint density at radius 2 is 1.82 bits per heavy atom. The van der Waals surface area contributed by atoms with Crippen LogP contribution in [0.4, 0.5) is 0 Å². The number of phenolic OH excluding ortho intramolecular Hbond substituents is 1. The van der Waals surface area contributed by atoms with Crippen molar-refractivity contribution < 1.29 is 34.5 Å². The number of rotatable bonds is 8. The van der Waals surface area contributed by atoms with E-state index in [0.29, 0.717) is 12.0 Å². The van der Waals surface area contributed by atoms with Crippen LogP contribution in [-0.2, 0) is 25.6 Å². The molecule has 28 heavy (non-hydrogen) atoms. The summed E-state index contributed by atoms with van der Waals surface area (Å²) in [5.74, 6) is -3.89. The van der Waals surface area contributed by atoms with Crippen LogP contribution in [0.2, 0.25) is 0 Å². The van der Waals surface area contributed by atoms with Crippen molar-refractivity contribution in [3.05, 3.63) is 29.8 Å². The highest BCUT2D eigenvalue weighted by Gasteiger charge is 2.38. The summed E-state index contributed by atoms with van der Waals surface area (Å²) in [6.45, 7) is 0.182. The molecule has 2 rings (SSSR count). The first-order chi connectivity index (χ1) is 13.2. The summed E-state index contributed by atoms with van der Waals surface area (Å²) >= 11 is 0. The molecule has 1 aromatic carbocycles. The Morgan fingerprint density at radius 3 is 2.39 bits per heavy atom. The minimum atomic E-state index is -1.41. The van der Waals surface area contributed by atoms with Crippen LogP contribution < -0.4 is 11.1 Å². The molecule has 0 bridgehead atoms. The molecule has 10 heteroatoms. The molecule has 0 unspecified atom stereocenters. The van der Waals surface area contributed by atoms with E-state index in [9.17, 15) is 29.4 Å². The Labute approximate surface area is 160 Å². The summed E-state index contributed by atoms with van der Waals surface area (Å²) in [6.07, 6.45) is 0.187. The van der Waals surface area contributed by atoms with Crippen molar-refractivity contribution >= 4 is 23.8 Å². The van der Waals surface area contributed by atoms with Crippen LogP contribution in [0.15, 0.2) is 24.3 Å². The lowest BCUT2D eigenvalue weighted by Gasteiger charge is -2.27. The van der Waals surface area contributed by atoms with Crippen LogP contribution in [0, 0.1) is 0 Å². The number of hydrogen-bond acceptors (Lipinski definition) is 6. The first-order valence-corrected chi connectivity index (χ1v) is 8.78. The molecule has 3 atom stereocenters. The predicted octanol–water partition coefficient (Wildman–Crippen LogP) is -0.703. The number of carboxylic acids is 2. The highest BCUT2D eigenvalue weighted by atomic mass is 16.4. The lowest BCUT2D eigenvalue weighted by Crippen LogP contribution is -2.55. The van der Waals surface area contributed by atoms with E-state index in [1.165, 1.54) is 12.1 Å². The van der Waals surface area contributed by atoms with Gasteiger partial charge in [-0.15, -0.1) is 0 Å². The Hall–Kier alpha value is -3.14. The lowest BCUT2D eigenvalue weighted by molar-refractivity contribution is -0.150. The average molecular weight is 393 g/mol. The van der Waals surface area contributed by atoms with Gasteiger partial charge in [-0.1, -0.05) is 12.1 Å². The van der Waals surface area contributed by atoms with Gasteiger partial charge in [-0.25, -0.2) is 4.79 Å². The standard InChI is InChI=1S/C18H23N3O7/c19-12(8-10-3-5-11(22)6-4-10)16(25)20-13(9-15(23)24)17(26)21-7-1-2-14(21)18(27)28/h3-6,12-14,22H,1-2,7-9,19H2,(H,20,25)(H,23,24)(H,27,28)/t12-,13+,14-/m0/s1. The summed E-state index contributed by atoms with van der Waals surface area (Å²) in [4.78, 5) is 48.5. The highest BCUT2D eigenvalue weighted by molar-refractivity contribution is 5.94. The van der Waals surface area contributed by atoms with Crippen LogP contribution in [0.5, 0.6) is 5.75 Å². The topological polar surface area (TPSA) is 170 Å². The number of nitrogens with zero attached hydrogens (tertiary/aromatic N) is 1. The average Bonchev–Trinajstić information content (AvgIpc) is 3.12. The number of amides is 2. The normalized spacial score (nSPS) is 18.3. The van der Waals surface area contributed by atoms with Crippen LogP contribution in [0.1, 0.15) is 24.8 Å². The number of aliphatic carboxylic acids is 2. The van der Waals surface area contributed by atoms with Gasteiger partial charge >= 0.3 is 11.9 Å². The number of hydrogen-bond donors (Lipinski definition) is 5. The van der Waals surface area contributed by atoms with Crippen molar-refractivity contribution in [2.24, 2.45) is 5.73 Å². The van der Waals surface area contributed by atoms with E-state index < -0.39 is 48.3 Å².